The van der Waals surface area contributed by atoms with Crippen molar-refractivity contribution in [1.29, 1.82) is 0 Å². The van der Waals surface area contributed by atoms with Crippen LogP contribution in [0, 0.1) is 17.3 Å². The summed E-state index contributed by atoms with van der Waals surface area (Å²) in [6.45, 7) is 4.32. The molecular formula is C16H22O4. The number of ketones is 1. The molecule has 0 bridgehead atoms. The molecule has 0 amide bonds. The molecule has 2 N–H and O–H groups in total. The lowest BCUT2D eigenvalue weighted by Crippen LogP contribution is -2.62. The average molecular weight is 278 g/mol. The third-order valence-electron chi connectivity index (χ3n) is 5.51. The SMILES string of the molecule is CC12C=CC3=CC(CO)CC(O)C3C1(C)C(=O)CCO2. The zero-order chi connectivity index (χ0) is 14.5. The third-order valence-corrected chi connectivity index (χ3v) is 5.51. The van der Waals surface area contributed by atoms with Crippen LogP contribution in [0.2, 0.25) is 0 Å². The van der Waals surface area contributed by atoms with E-state index in [-0.39, 0.29) is 24.2 Å². The minimum atomic E-state index is -0.730. The maximum Gasteiger partial charge on any atom is 0.144 e. The van der Waals surface area contributed by atoms with Crippen molar-refractivity contribution >= 4 is 5.78 Å². The standard InChI is InChI=1S/C16H22O4/c1-15-5-3-11-7-10(9-17)8-12(18)14(11)16(15,2)13(19)4-6-20-15/h3,5,7,10,12,14,17-18H,4,6,8-9H2,1-2H3. The molecule has 1 saturated heterocycles. The van der Waals surface area contributed by atoms with Crippen LogP contribution in [-0.2, 0) is 9.53 Å². The van der Waals surface area contributed by atoms with Gasteiger partial charge in [0.1, 0.15) is 5.78 Å². The smallest absolute Gasteiger partial charge is 0.144 e. The van der Waals surface area contributed by atoms with E-state index < -0.39 is 17.1 Å². The summed E-state index contributed by atoms with van der Waals surface area (Å²) in [5.74, 6) is -0.116. The van der Waals surface area contributed by atoms with Crippen LogP contribution in [0.5, 0.6) is 0 Å². The molecule has 0 aromatic heterocycles. The van der Waals surface area contributed by atoms with E-state index in [1.165, 1.54) is 0 Å². The van der Waals surface area contributed by atoms with Gasteiger partial charge in [-0.3, -0.25) is 4.79 Å². The van der Waals surface area contributed by atoms with Crippen LogP contribution in [-0.4, -0.2) is 40.9 Å². The molecule has 5 unspecified atom stereocenters. The van der Waals surface area contributed by atoms with Crippen LogP contribution in [0.4, 0.5) is 0 Å². The number of fused-ring (bicyclic) bond motifs is 3. The second kappa shape index (κ2) is 4.52. The summed E-state index contributed by atoms with van der Waals surface area (Å²) >= 11 is 0. The second-order valence-corrected chi connectivity index (χ2v) is 6.55. The van der Waals surface area contributed by atoms with E-state index in [1.807, 2.05) is 32.1 Å². The second-order valence-electron chi connectivity index (χ2n) is 6.55. The first-order valence-electron chi connectivity index (χ1n) is 7.29. The van der Waals surface area contributed by atoms with Gasteiger partial charge < -0.3 is 14.9 Å². The van der Waals surface area contributed by atoms with E-state index in [1.54, 1.807) is 0 Å². The molecule has 1 heterocycles. The molecule has 3 rings (SSSR count). The summed E-state index contributed by atoms with van der Waals surface area (Å²) in [5, 5.41) is 19.9. The Bertz CT molecular complexity index is 495. The quantitative estimate of drug-likeness (QED) is 0.757. The first kappa shape index (κ1) is 14.0. The van der Waals surface area contributed by atoms with Crippen molar-refractivity contribution in [3.05, 3.63) is 23.8 Å². The van der Waals surface area contributed by atoms with E-state index in [4.69, 9.17) is 4.74 Å². The van der Waals surface area contributed by atoms with Crippen LogP contribution in [0.1, 0.15) is 26.7 Å². The van der Waals surface area contributed by atoms with Crippen LogP contribution in [0.15, 0.2) is 23.8 Å². The van der Waals surface area contributed by atoms with Crippen molar-refractivity contribution in [3.63, 3.8) is 0 Å². The molecule has 3 aliphatic rings. The molecule has 0 radical (unpaired) electrons. The van der Waals surface area contributed by atoms with Crippen molar-refractivity contribution in [2.45, 2.75) is 38.4 Å². The minimum absolute atomic E-state index is 0.0273. The number of aliphatic hydroxyl groups excluding tert-OH is 2. The molecule has 4 heteroatoms. The number of carbonyl (C=O) groups excluding carboxylic acids is 1. The lowest BCUT2D eigenvalue weighted by Gasteiger charge is -2.55. The van der Waals surface area contributed by atoms with Gasteiger partial charge in [0, 0.05) is 24.9 Å². The van der Waals surface area contributed by atoms with Crippen molar-refractivity contribution in [2.24, 2.45) is 17.3 Å². The summed E-state index contributed by atoms with van der Waals surface area (Å²) in [6, 6.07) is 0. The monoisotopic (exact) mass is 278 g/mol. The number of rotatable bonds is 1. The van der Waals surface area contributed by atoms with E-state index in [2.05, 4.69) is 0 Å². The number of allylic oxidation sites excluding steroid dienone is 1. The Morgan fingerprint density at radius 3 is 2.90 bits per heavy atom. The highest BCUT2D eigenvalue weighted by Crippen LogP contribution is 2.55. The molecule has 0 aromatic rings. The molecule has 110 valence electrons. The van der Waals surface area contributed by atoms with Gasteiger partial charge in [0.15, 0.2) is 0 Å². The molecular weight excluding hydrogens is 256 g/mol. The molecule has 4 nitrogen and oxygen atoms in total. The third kappa shape index (κ3) is 1.68. The fourth-order valence-corrected chi connectivity index (χ4v) is 4.12. The summed E-state index contributed by atoms with van der Waals surface area (Å²) in [7, 11) is 0. The number of hydrogen-bond acceptors (Lipinski definition) is 4. The van der Waals surface area contributed by atoms with E-state index in [0.717, 1.165) is 5.57 Å². The lowest BCUT2D eigenvalue weighted by atomic mass is 9.53. The van der Waals surface area contributed by atoms with Gasteiger partial charge in [-0.15, -0.1) is 0 Å². The Morgan fingerprint density at radius 1 is 1.45 bits per heavy atom. The van der Waals surface area contributed by atoms with Crippen LogP contribution < -0.4 is 0 Å². The lowest BCUT2D eigenvalue weighted by molar-refractivity contribution is -0.178. The molecule has 0 saturated carbocycles. The fourth-order valence-electron chi connectivity index (χ4n) is 4.12. The normalized spacial score (nSPS) is 47.5. The topological polar surface area (TPSA) is 66.8 Å². The summed E-state index contributed by atoms with van der Waals surface area (Å²) in [5.41, 5.74) is -0.426. The first-order valence-corrected chi connectivity index (χ1v) is 7.29. The van der Waals surface area contributed by atoms with Gasteiger partial charge in [-0.05, 0) is 25.8 Å². The predicted octanol–water partition coefficient (Wildman–Crippen LogP) is 1.23. The minimum Gasteiger partial charge on any atom is -0.396 e. The maximum absolute atomic E-state index is 12.6. The zero-order valence-corrected chi connectivity index (χ0v) is 12.0. The zero-order valence-electron chi connectivity index (χ0n) is 12.0. The summed E-state index contributed by atoms with van der Waals surface area (Å²) in [4.78, 5) is 12.6. The molecule has 2 aliphatic carbocycles. The van der Waals surface area contributed by atoms with Gasteiger partial charge >= 0.3 is 0 Å². The van der Waals surface area contributed by atoms with Gasteiger partial charge in [0.2, 0.25) is 0 Å². The Morgan fingerprint density at radius 2 is 2.20 bits per heavy atom. The van der Waals surface area contributed by atoms with Crippen molar-refractivity contribution in [1.82, 2.24) is 0 Å². The van der Waals surface area contributed by atoms with Gasteiger partial charge in [-0.2, -0.15) is 0 Å². The maximum atomic E-state index is 12.6. The van der Waals surface area contributed by atoms with E-state index in [0.29, 0.717) is 19.4 Å². The Labute approximate surface area is 119 Å². The fraction of sp³-hybridized carbons (Fsp3) is 0.688. The van der Waals surface area contributed by atoms with Crippen molar-refractivity contribution in [3.8, 4) is 0 Å². The number of carbonyl (C=O) groups is 1. The average Bonchev–Trinajstić information content (AvgIpc) is 2.41. The van der Waals surface area contributed by atoms with Gasteiger partial charge in [-0.1, -0.05) is 18.2 Å². The number of ether oxygens (including phenoxy) is 1. The predicted molar refractivity (Wildman–Crippen MR) is 74.0 cm³/mol. The van der Waals surface area contributed by atoms with Gasteiger partial charge in [0.25, 0.3) is 0 Å². The summed E-state index contributed by atoms with van der Waals surface area (Å²) in [6.07, 6.45) is 6.18. The summed E-state index contributed by atoms with van der Waals surface area (Å²) < 4.78 is 5.90. The van der Waals surface area contributed by atoms with Crippen LogP contribution in [0.25, 0.3) is 0 Å². The molecule has 5 atom stereocenters. The van der Waals surface area contributed by atoms with E-state index >= 15 is 0 Å². The van der Waals surface area contributed by atoms with Crippen molar-refractivity contribution in [2.75, 3.05) is 13.2 Å². The number of hydrogen-bond donors (Lipinski definition) is 2. The molecule has 0 aromatic carbocycles. The van der Waals surface area contributed by atoms with Gasteiger partial charge in [-0.25, -0.2) is 0 Å². The molecule has 1 aliphatic heterocycles. The molecule has 0 spiro atoms. The van der Waals surface area contributed by atoms with Crippen LogP contribution in [0.3, 0.4) is 0 Å². The molecule has 20 heavy (non-hydrogen) atoms. The van der Waals surface area contributed by atoms with E-state index in [9.17, 15) is 15.0 Å². The highest BCUT2D eigenvalue weighted by Gasteiger charge is 2.60. The first-order chi connectivity index (χ1) is 9.42. The number of aliphatic hydroxyl groups is 2. The Kier molecular flexibility index (Phi) is 3.16. The largest absolute Gasteiger partial charge is 0.396 e. The van der Waals surface area contributed by atoms with Gasteiger partial charge in [0.05, 0.1) is 23.7 Å². The van der Waals surface area contributed by atoms with Crippen LogP contribution >= 0.6 is 0 Å². The highest BCUT2D eigenvalue weighted by molar-refractivity contribution is 5.88. The highest BCUT2D eigenvalue weighted by atomic mass is 16.5. The Hall–Kier alpha value is -0.970. The molecule has 1 fully saturated rings. The Balaban J connectivity index is 2.12. The number of Topliss-reactive ketones (excluding diaryl/α,β-unsaturated/α-hetero) is 1. The van der Waals surface area contributed by atoms with Crippen molar-refractivity contribution < 1.29 is 19.7 Å².